The second-order valence-corrected chi connectivity index (χ2v) is 21.9. The van der Waals surface area contributed by atoms with Gasteiger partial charge in [-0.1, -0.05) is 77.3 Å². The number of alkyl halides is 3. The summed E-state index contributed by atoms with van der Waals surface area (Å²) in [7, 11) is 0. The Balaban J connectivity index is 1.76. The molecule has 3 fully saturated rings. The number of halogens is 3. The molecule has 0 radical (unpaired) electrons. The van der Waals surface area contributed by atoms with Gasteiger partial charge in [-0.15, -0.1) is 6.58 Å². The molecule has 0 spiro atoms. The van der Waals surface area contributed by atoms with Gasteiger partial charge in [0.2, 0.25) is 3.79 Å². The third-order valence-electron chi connectivity index (χ3n) is 11.7. The maximum absolute atomic E-state index is 14.1. The summed E-state index contributed by atoms with van der Waals surface area (Å²) in [6, 6.07) is 13.4. The number of carbonyl (C=O) groups excluding carboxylic acids is 9. The summed E-state index contributed by atoms with van der Waals surface area (Å²) in [5.74, 6) is -7.58. The van der Waals surface area contributed by atoms with E-state index in [1.165, 1.54) is 58.0 Å². The van der Waals surface area contributed by atoms with Crippen molar-refractivity contribution in [3.8, 4) is 0 Å². The number of esters is 8. The summed E-state index contributed by atoms with van der Waals surface area (Å²) in [6.45, 7) is 12.1. The first-order valence-electron chi connectivity index (χ1n) is 25.1. The van der Waals surface area contributed by atoms with Crippen molar-refractivity contribution in [3.63, 3.8) is 0 Å². The van der Waals surface area contributed by atoms with Gasteiger partial charge in [0.05, 0.1) is 29.3 Å². The van der Waals surface area contributed by atoms with Crippen molar-refractivity contribution in [2.24, 2.45) is 5.41 Å². The van der Waals surface area contributed by atoms with Crippen LogP contribution in [0.3, 0.4) is 0 Å². The Bertz CT molecular complexity index is 2530. The highest BCUT2D eigenvalue weighted by molar-refractivity contribution is 6.67. The smallest absolute Gasteiger partial charge is 0.407 e. The summed E-state index contributed by atoms with van der Waals surface area (Å²) in [6.07, 6.45) is -24.7. The molecule has 2 aromatic rings. The lowest BCUT2D eigenvalue weighted by Gasteiger charge is -2.50. The molecule has 28 heteroatoms. The van der Waals surface area contributed by atoms with E-state index in [1.54, 1.807) is 36.4 Å². The van der Waals surface area contributed by atoms with Gasteiger partial charge in [0.1, 0.15) is 50.3 Å². The van der Waals surface area contributed by atoms with E-state index in [2.05, 4.69) is 11.9 Å². The molecule has 25 nitrogen and oxygen atoms in total. The van der Waals surface area contributed by atoms with Gasteiger partial charge in [0.15, 0.2) is 55.5 Å². The molecule has 1 amide bonds. The van der Waals surface area contributed by atoms with Gasteiger partial charge in [-0.3, -0.25) is 28.8 Å². The fourth-order valence-electron chi connectivity index (χ4n) is 8.36. The van der Waals surface area contributed by atoms with Crippen LogP contribution in [0.5, 0.6) is 0 Å². The number of amides is 1. The lowest BCUT2D eigenvalue weighted by molar-refractivity contribution is -0.365. The van der Waals surface area contributed by atoms with Crippen LogP contribution in [0.15, 0.2) is 73.3 Å². The van der Waals surface area contributed by atoms with Crippen LogP contribution in [0.1, 0.15) is 83.0 Å². The van der Waals surface area contributed by atoms with E-state index in [9.17, 15) is 43.2 Å². The molecule has 0 aliphatic carbocycles. The number of rotatable bonds is 21. The van der Waals surface area contributed by atoms with Crippen molar-refractivity contribution in [1.82, 2.24) is 5.32 Å². The number of alkyl carbamates (subject to hydrolysis) is 1. The molecule has 0 bridgehead atoms. The molecular formula is C53H64Cl3NO24. The van der Waals surface area contributed by atoms with Crippen LogP contribution in [-0.4, -0.2) is 176 Å². The van der Waals surface area contributed by atoms with Gasteiger partial charge in [-0.25, -0.2) is 14.4 Å². The molecule has 0 saturated carbocycles. The van der Waals surface area contributed by atoms with Crippen molar-refractivity contribution in [1.29, 1.82) is 0 Å². The highest BCUT2D eigenvalue weighted by atomic mass is 35.6. The summed E-state index contributed by atoms with van der Waals surface area (Å²) in [4.78, 5) is 120. The topological polar surface area (TPSA) is 304 Å². The Morgan fingerprint density at radius 2 is 1.01 bits per heavy atom. The quantitative estimate of drug-likeness (QED) is 0.0748. The molecule has 1 N–H and O–H groups in total. The van der Waals surface area contributed by atoms with Crippen molar-refractivity contribution in [2.75, 3.05) is 26.4 Å². The molecule has 3 saturated heterocycles. The molecule has 0 unspecified atom stereocenters. The van der Waals surface area contributed by atoms with E-state index in [0.29, 0.717) is 0 Å². The van der Waals surface area contributed by atoms with Crippen molar-refractivity contribution in [3.05, 3.63) is 84.4 Å². The third kappa shape index (κ3) is 19.5. The predicted octanol–water partition coefficient (Wildman–Crippen LogP) is 4.95. The predicted molar refractivity (Wildman–Crippen MR) is 277 cm³/mol. The average molecular weight is 1210 g/mol. The Morgan fingerprint density at radius 3 is 1.53 bits per heavy atom. The van der Waals surface area contributed by atoms with E-state index in [-0.39, 0.29) is 17.7 Å². The molecule has 446 valence electrons. The number of benzene rings is 2. The molecule has 3 heterocycles. The van der Waals surface area contributed by atoms with Crippen molar-refractivity contribution < 1.29 is 114 Å². The number of nitrogens with one attached hydrogen (secondary N) is 1. The van der Waals surface area contributed by atoms with Gasteiger partial charge in [-0.2, -0.15) is 0 Å². The van der Waals surface area contributed by atoms with Crippen LogP contribution in [0.4, 0.5) is 4.79 Å². The lowest BCUT2D eigenvalue weighted by atomic mass is 9.93. The standard InChI is InChI=1S/C53H64Cl3NO24/c1-11-22-67-48-43(79-46(64)33-20-16-13-17-21-33)41(37(26(2)71-48)78-45(63)32-18-14-12-15-19-32)81-47-36(57-51(66)70-25-53(54,55)56)40(73-29(5)60)38(35(76-47)24-69-50(65)52(8,9)10)80-49-44(75-31(7)62)42(74-30(6)61)39(72-28(4)59)34(77-49)23-68-27(3)58/h11-21,26,34-44,47-49H,1,22-25H2,2-10H3,(H,57,66)/t26-,34+,35+,36+,37+,38+,39-,40+,41+,42-,43-,44+,47-,48+,49-/m0/s1. The number of hydrogen-bond acceptors (Lipinski definition) is 24. The minimum absolute atomic E-state index is 0.0400. The average Bonchev–Trinajstić information content (AvgIpc) is 3.57. The van der Waals surface area contributed by atoms with Crippen LogP contribution < -0.4 is 5.32 Å². The minimum Gasteiger partial charge on any atom is -0.463 e. The highest BCUT2D eigenvalue weighted by Crippen LogP contribution is 2.38. The summed E-state index contributed by atoms with van der Waals surface area (Å²) in [5.41, 5.74) is -1.08. The van der Waals surface area contributed by atoms with E-state index >= 15 is 0 Å². The molecule has 3 aliphatic rings. The largest absolute Gasteiger partial charge is 0.463 e. The van der Waals surface area contributed by atoms with Gasteiger partial charge >= 0.3 is 53.8 Å². The highest BCUT2D eigenvalue weighted by Gasteiger charge is 2.59. The zero-order valence-corrected chi connectivity index (χ0v) is 47.7. The van der Waals surface area contributed by atoms with Gasteiger partial charge in [0.25, 0.3) is 0 Å². The van der Waals surface area contributed by atoms with Crippen LogP contribution in [0, 0.1) is 5.41 Å². The van der Waals surface area contributed by atoms with Crippen LogP contribution >= 0.6 is 34.8 Å². The third-order valence-corrected chi connectivity index (χ3v) is 12.1. The second-order valence-electron chi connectivity index (χ2n) is 19.4. The molecule has 81 heavy (non-hydrogen) atoms. The Hall–Kier alpha value is -6.16. The van der Waals surface area contributed by atoms with Crippen LogP contribution in [-0.2, 0) is 99.8 Å². The Morgan fingerprint density at radius 1 is 0.543 bits per heavy atom. The number of carbonyl (C=O) groups is 9. The SMILES string of the molecule is C=CCO[C@@H]1O[C@@H](C)[C@@H](OC(=O)c2ccccc2)[C@@H](O[C@@H]2O[C@H](COC(=O)C(C)(C)C)[C@@H](O[C@@H]3O[C@H](COC(C)=O)[C@H](OC(C)=O)[C@H](OC(C)=O)[C@H]3OC(C)=O)[C@H](OC(C)=O)[C@H]2NC(=O)OCC(Cl)(Cl)Cl)[C@@H]1OC(=O)c1ccccc1. The van der Waals surface area contributed by atoms with Crippen LogP contribution in [0.2, 0.25) is 0 Å². The summed E-state index contributed by atoms with van der Waals surface area (Å²) < 4.78 is 87.7. The molecule has 0 aromatic heterocycles. The maximum atomic E-state index is 14.1. The second kappa shape index (κ2) is 29.7. The first-order valence-corrected chi connectivity index (χ1v) is 26.2. The fourth-order valence-corrected chi connectivity index (χ4v) is 8.52. The fraction of sp³-hybridized carbons (Fsp3) is 0.566. The zero-order chi connectivity index (χ0) is 59.9. The molecule has 2 aromatic carbocycles. The monoisotopic (exact) mass is 1200 g/mol. The van der Waals surface area contributed by atoms with Gasteiger partial charge in [0, 0.05) is 34.6 Å². The van der Waals surface area contributed by atoms with E-state index < -0.39 is 175 Å². The first kappa shape index (κ1) is 65.6. The molecular weight excluding hydrogens is 1140 g/mol. The lowest BCUT2D eigenvalue weighted by Crippen LogP contribution is -2.70. The molecule has 3 aliphatic heterocycles. The Kier molecular flexibility index (Phi) is 24.1. The maximum Gasteiger partial charge on any atom is 0.407 e. The molecule has 15 atom stereocenters. The number of ether oxygens (including phenoxy) is 15. The van der Waals surface area contributed by atoms with Crippen molar-refractivity contribution >= 4 is 88.7 Å². The van der Waals surface area contributed by atoms with Crippen LogP contribution in [0.25, 0.3) is 0 Å². The Labute approximate surface area is 480 Å². The van der Waals surface area contributed by atoms with E-state index in [0.717, 1.165) is 34.6 Å². The normalized spacial score (nSPS) is 28.3. The van der Waals surface area contributed by atoms with Gasteiger partial charge < -0.3 is 76.4 Å². The minimum atomic E-state index is -2.20. The van der Waals surface area contributed by atoms with Gasteiger partial charge in [-0.05, 0) is 52.0 Å². The van der Waals surface area contributed by atoms with E-state index in [1.807, 2.05) is 0 Å². The first-order chi connectivity index (χ1) is 38.1. The number of hydrogen-bond donors (Lipinski definition) is 1. The van der Waals surface area contributed by atoms with Crippen molar-refractivity contribution in [2.45, 2.75) is 158 Å². The molecule has 5 rings (SSSR count). The summed E-state index contributed by atoms with van der Waals surface area (Å²) >= 11 is 17.9. The zero-order valence-electron chi connectivity index (χ0n) is 45.5. The summed E-state index contributed by atoms with van der Waals surface area (Å²) in [5, 5.41) is 2.48. The van der Waals surface area contributed by atoms with E-state index in [4.69, 9.17) is 106 Å².